The van der Waals surface area contributed by atoms with Gasteiger partial charge < -0.3 is 14.6 Å². The van der Waals surface area contributed by atoms with Crippen LogP contribution in [-0.2, 0) is 11.2 Å². The number of nitrogens with zero attached hydrogens (tertiary/aromatic N) is 2. The van der Waals surface area contributed by atoms with Gasteiger partial charge in [0.25, 0.3) is 0 Å². The molecule has 33 heavy (non-hydrogen) atoms. The molecular weight excluding hydrogens is 410 g/mol. The van der Waals surface area contributed by atoms with E-state index in [4.69, 9.17) is 4.74 Å². The maximum atomic E-state index is 13.5. The number of benzene rings is 2. The topological polar surface area (TPSA) is 58.2 Å². The summed E-state index contributed by atoms with van der Waals surface area (Å²) in [6.07, 6.45) is 5.11. The van der Waals surface area contributed by atoms with E-state index in [9.17, 15) is 4.79 Å². The molecule has 4 aromatic rings. The van der Waals surface area contributed by atoms with Gasteiger partial charge in [0.15, 0.2) is 0 Å². The Kier molecular flexibility index (Phi) is 5.86. The van der Waals surface area contributed by atoms with Gasteiger partial charge in [-0.2, -0.15) is 0 Å². The van der Waals surface area contributed by atoms with Crippen molar-refractivity contribution in [3.05, 3.63) is 84.2 Å². The summed E-state index contributed by atoms with van der Waals surface area (Å²) in [4.78, 5) is 23.6. The molecule has 1 N–H and O–H groups in total. The minimum absolute atomic E-state index is 0.0183. The zero-order valence-corrected chi connectivity index (χ0v) is 19.1. The first-order chi connectivity index (χ1) is 16.2. The van der Waals surface area contributed by atoms with E-state index in [1.807, 2.05) is 36.4 Å². The molecule has 1 amide bonds. The number of hydrogen-bond acceptors (Lipinski definition) is 3. The fraction of sp³-hybridized carbons (Fsp3) is 0.286. The fourth-order valence-electron chi connectivity index (χ4n) is 4.68. The summed E-state index contributed by atoms with van der Waals surface area (Å²) < 4.78 is 5.32. The summed E-state index contributed by atoms with van der Waals surface area (Å²) in [7, 11) is 1.67. The number of para-hydroxylation sites is 1. The lowest BCUT2D eigenvalue weighted by Gasteiger charge is -2.29. The molecule has 2 aromatic carbocycles. The molecule has 0 radical (unpaired) electrons. The zero-order chi connectivity index (χ0) is 22.8. The van der Waals surface area contributed by atoms with E-state index in [-0.39, 0.29) is 11.9 Å². The predicted molar refractivity (Wildman–Crippen MR) is 131 cm³/mol. The van der Waals surface area contributed by atoms with Crippen LogP contribution in [0.5, 0.6) is 5.75 Å². The van der Waals surface area contributed by atoms with Crippen LogP contribution >= 0.6 is 0 Å². The van der Waals surface area contributed by atoms with Gasteiger partial charge in [0, 0.05) is 35.3 Å². The van der Waals surface area contributed by atoms with Gasteiger partial charge in [-0.05, 0) is 79.8 Å². The highest BCUT2D eigenvalue weighted by molar-refractivity contribution is 5.91. The van der Waals surface area contributed by atoms with Crippen molar-refractivity contribution < 1.29 is 9.53 Å². The summed E-state index contributed by atoms with van der Waals surface area (Å²) >= 11 is 0. The van der Waals surface area contributed by atoms with Crippen LogP contribution in [0.15, 0.2) is 72.9 Å². The third-order valence-corrected chi connectivity index (χ3v) is 6.54. The highest BCUT2D eigenvalue weighted by atomic mass is 16.5. The molecule has 1 aliphatic rings. The van der Waals surface area contributed by atoms with Gasteiger partial charge in [-0.1, -0.05) is 24.3 Å². The smallest absolute Gasteiger partial charge is 0.223 e. The highest BCUT2D eigenvalue weighted by Gasteiger charge is 2.36. The minimum atomic E-state index is -0.0183. The Labute approximate surface area is 194 Å². The zero-order valence-electron chi connectivity index (χ0n) is 19.1. The van der Waals surface area contributed by atoms with E-state index in [2.05, 4.69) is 52.1 Å². The molecule has 1 fully saturated rings. The quantitative estimate of drug-likeness (QED) is 0.371. The van der Waals surface area contributed by atoms with Crippen LogP contribution in [0.4, 0.5) is 0 Å². The van der Waals surface area contributed by atoms with E-state index in [0.717, 1.165) is 41.1 Å². The number of aromatic amines is 1. The van der Waals surface area contributed by atoms with E-state index in [1.165, 1.54) is 10.9 Å². The van der Waals surface area contributed by atoms with E-state index >= 15 is 0 Å². The number of methoxy groups -OCH3 is 1. The number of hydrogen-bond donors (Lipinski definition) is 1. The van der Waals surface area contributed by atoms with Crippen molar-refractivity contribution in [2.75, 3.05) is 7.11 Å². The normalized spacial score (nSPS) is 14.2. The Morgan fingerprint density at radius 1 is 1.09 bits per heavy atom. The average Bonchev–Trinajstić information content (AvgIpc) is 3.63. The number of nitrogens with one attached hydrogen (secondary N) is 1. The van der Waals surface area contributed by atoms with Crippen LogP contribution in [-0.4, -0.2) is 33.9 Å². The van der Waals surface area contributed by atoms with Gasteiger partial charge in [0.05, 0.1) is 18.8 Å². The molecule has 2 aromatic heterocycles. The standard InChI is InChI=1S/C28H29N3O2/c1-19(25-8-5-6-18-29-25)31(21-12-13-21)27(32)17-16-24-23-7-3-4-9-26(23)30-28(24)20-10-14-22(33-2)15-11-20/h3-11,14-15,18-19,21,30H,12-13,16-17H2,1-2H3. The Hall–Kier alpha value is -3.60. The van der Waals surface area contributed by atoms with Gasteiger partial charge in [-0.3, -0.25) is 9.78 Å². The highest BCUT2D eigenvalue weighted by Crippen LogP contribution is 2.36. The van der Waals surface area contributed by atoms with Gasteiger partial charge >= 0.3 is 0 Å². The minimum Gasteiger partial charge on any atom is -0.497 e. The number of fused-ring (bicyclic) bond motifs is 1. The number of carbonyl (C=O) groups excluding carboxylic acids is 1. The lowest BCUT2D eigenvalue weighted by Crippen LogP contribution is -2.36. The first-order valence-electron chi connectivity index (χ1n) is 11.6. The molecule has 2 heterocycles. The second-order valence-corrected chi connectivity index (χ2v) is 8.72. The van der Waals surface area contributed by atoms with Crippen molar-refractivity contribution in [3.63, 3.8) is 0 Å². The molecule has 0 bridgehead atoms. The monoisotopic (exact) mass is 439 g/mol. The molecule has 168 valence electrons. The Balaban J connectivity index is 1.42. The van der Waals surface area contributed by atoms with Gasteiger partial charge in [0.1, 0.15) is 5.75 Å². The fourth-order valence-corrected chi connectivity index (χ4v) is 4.68. The molecule has 0 spiro atoms. The van der Waals surface area contributed by atoms with Crippen molar-refractivity contribution in [2.24, 2.45) is 0 Å². The Morgan fingerprint density at radius 3 is 2.55 bits per heavy atom. The van der Waals surface area contributed by atoms with Crippen molar-refractivity contribution in [3.8, 4) is 17.0 Å². The van der Waals surface area contributed by atoms with Crippen LogP contribution in [0.2, 0.25) is 0 Å². The van der Waals surface area contributed by atoms with Crippen molar-refractivity contribution in [1.29, 1.82) is 0 Å². The molecule has 1 aliphatic carbocycles. The average molecular weight is 440 g/mol. The van der Waals surface area contributed by atoms with Crippen molar-refractivity contribution in [2.45, 2.75) is 44.7 Å². The first kappa shape index (κ1) is 21.3. The van der Waals surface area contributed by atoms with Crippen molar-refractivity contribution >= 4 is 16.8 Å². The lowest BCUT2D eigenvalue weighted by atomic mass is 10.0. The van der Waals surface area contributed by atoms with E-state index in [1.54, 1.807) is 13.3 Å². The third kappa shape index (κ3) is 4.36. The van der Waals surface area contributed by atoms with Crippen LogP contribution in [0.25, 0.3) is 22.2 Å². The second-order valence-electron chi connectivity index (χ2n) is 8.72. The number of ether oxygens (including phenoxy) is 1. The Morgan fingerprint density at radius 2 is 1.85 bits per heavy atom. The first-order valence-corrected chi connectivity index (χ1v) is 11.6. The number of pyridine rings is 1. The molecule has 1 unspecified atom stereocenters. The Bertz CT molecular complexity index is 1240. The molecule has 0 aliphatic heterocycles. The molecule has 5 heteroatoms. The second kappa shape index (κ2) is 9.10. The van der Waals surface area contributed by atoms with Crippen LogP contribution < -0.4 is 4.74 Å². The number of carbonyl (C=O) groups is 1. The maximum absolute atomic E-state index is 13.5. The van der Waals surface area contributed by atoms with E-state index in [0.29, 0.717) is 18.9 Å². The number of amides is 1. The number of H-pyrrole nitrogens is 1. The molecule has 1 atom stereocenters. The summed E-state index contributed by atoms with van der Waals surface area (Å²) in [5, 5.41) is 1.17. The van der Waals surface area contributed by atoms with E-state index < -0.39 is 0 Å². The van der Waals surface area contributed by atoms with Crippen molar-refractivity contribution in [1.82, 2.24) is 14.9 Å². The molecule has 1 saturated carbocycles. The maximum Gasteiger partial charge on any atom is 0.223 e. The summed E-state index contributed by atoms with van der Waals surface area (Å²) in [6, 6.07) is 22.6. The van der Waals surface area contributed by atoms with Crippen LogP contribution in [0, 0.1) is 0 Å². The van der Waals surface area contributed by atoms with Crippen LogP contribution in [0.3, 0.4) is 0 Å². The van der Waals surface area contributed by atoms with Gasteiger partial charge in [0.2, 0.25) is 5.91 Å². The number of aryl methyl sites for hydroxylation is 1. The van der Waals surface area contributed by atoms with Gasteiger partial charge in [-0.15, -0.1) is 0 Å². The molecule has 0 saturated heterocycles. The summed E-state index contributed by atoms with van der Waals surface area (Å²) in [5.41, 5.74) is 5.39. The van der Waals surface area contributed by atoms with Crippen LogP contribution in [0.1, 0.15) is 43.5 Å². The van der Waals surface area contributed by atoms with Gasteiger partial charge in [-0.25, -0.2) is 0 Å². The molecular formula is C28H29N3O2. The summed E-state index contributed by atoms with van der Waals surface area (Å²) in [6.45, 7) is 2.09. The third-order valence-electron chi connectivity index (χ3n) is 6.54. The number of rotatable bonds is 8. The molecule has 5 rings (SSSR count). The largest absolute Gasteiger partial charge is 0.497 e. The SMILES string of the molecule is COc1ccc(-c2[nH]c3ccccc3c2CCC(=O)N(C2CC2)C(C)c2ccccn2)cc1. The summed E-state index contributed by atoms with van der Waals surface area (Å²) in [5.74, 6) is 1.02. The lowest BCUT2D eigenvalue weighted by molar-refractivity contribution is -0.134. The number of aromatic nitrogens is 2. The predicted octanol–water partition coefficient (Wildman–Crippen LogP) is 5.92. The molecule has 5 nitrogen and oxygen atoms in total.